The van der Waals surface area contributed by atoms with Gasteiger partial charge in [-0.05, 0) is 23.1 Å². The van der Waals surface area contributed by atoms with E-state index >= 15 is 0 Å². The van der Waals surface area contributed by atoms with E-state index in [-0.39, 0.29) is 11.0 Å². The fraction of sp³-hybridized carbons (Fsp3) is 0.211. The fourth-order valence-electron chi connectivity index (χ4n) is 2.77. The molecule has 0 bridgehead atoms. The Labute approximate surface area is 145 Å². The molecule has 0 fully saturated rings. The van der Waals surface area contributed by atoms with Crippen LogP contribution in [0.3, 0.4) is 0 Å². The molecule has 1 N–H and O–H groups in total. The van der Waals surface area contributed by atoms with Gasteiger partial charge in [-0.1, -0.05) is 66.4 Å². The average molecular weight is 344 g/mol. The van der Waals surface area contributed by atoms with E-state index in [2.05, 4.69) is 11.4 Å². The number of nitrogens with one attached hydrogen (secondary N) is 1. The maximum absolute atomic E-state index is 13.0. The van der Waals surface area contributed by atoms with Crippen molar-refractivity contribution >= 4 is 34.7 Å². The van der Waals surface area contributed by atoms with Gasteiger partial charge in [0.25, 0.3) is 0 Å². The Morgan fingerprint density at radius 1 is 1.13 bits per heavy atom. The van der Waals surface area contributed by atoms with E-state index < -0.39 is 0 Å². The molecule has 3 rings (SSSR count). The van der Waals surface area contributed by atoms with Gasteiger partial charge in [0.15, 0.2) is 5.78 Å². The summed E-state index contributed by atoms with van der Waals surface area (Å²) in [6.07, 6.45) is 0.807. The minimum absolute atomic E-state index is 0.161. The Kier molecular flexibility index (Phi) is 5.09. The van der Waals surface area contributed by atoms with Gasteiger partial charge in [0.05, 0.1) is 15.9 Å². The number of aryl methyl sites for hydroxylation is 1. The van der Waals surface area contributed by atoms with Gasteiger partial charge >= 0.3 is 0 Å². The average Bonchev–Trinajstić information content (AvgIpc) is 2.93. The third-order valence-corrected chi connectivity index (χ3v) is 5.43. The maximum atomic E-state index is 13.0. The van der Waals surface area contributed by atoms with Crippen LogP contribution >= 0.6 is 23.4 Å². The first-order chi connectivity index (χ1) is 11.2. The van der Waals surface area contributed by atoms with Gasteiger partial charge in [0.2, 0.25) is 0 Å². The van der Waals surface area contributed by atoms with E-state index in [1.54, 1.807) is 11.8 Å². The molecule has 2 nitrogen and oxygen atoms in total. The number of Topliss-reactive ketones (excluding diaryl/α,β-unsaturated/α-hetero) is 1. The van der Waals surface area contributed by atoms with Crippen molar-refractivity contribution in [2.75, 3.05) is 12.9 Å². The zero-order valence-corrected chi connectivity index (χ0v) is 14.5. The van der Waals surface area contributed by atoms with Crippen LogP contribution in [0, 0.1) is 0 Å². The van der Waals surface area contributed by atoms with E-state index in [9.17, 15) is 4.79 Å². The third kappa shape index (κ3) is 3.31. The maximum Gasteiger partial charge on any atom is 0.183 e. The first kappa shape index (κ1) is 16.2. The predicted octanol–water partition coefficient (Wildman–Crippen LogP) is 4.41. The summed E-state index contributed by atoms with van der Waals surface area (Å²) in [6, 6.07) is 18.0. The van der Waals surface area contributed by atoms with E-state index in [1.165, 1.54) is 0 Å². The number of carbonyl (C=O) groups excluding carboxylic acids is 1. The number of hydrogen-bond acceptors (Lipinski definition) is 3. The van der Waals surface area contributed by atoms with Gasteiger partial charge < -0.3 is 5.32 Å². The molecule has 0 amide bonds. The van der Waals surface area contributed by atoms with Gasteiger partial charge in [-0.3, -0.25) is 4.79 Å². The monoisotopic (exact) mass is 343 g/mol. The molecule has 0 saturated carbocycles. The number of alkyl halides is 1. The number of allylic oxidation sites excluding steroid dienone is 1. The van der Waals surface area contributed by atoms with E-state index in [0.29, 0.717) is 5.88 Å². The van der Waals surface area contributed by atoms with Crippen LogP contribution in [-0.4, -0.2) is 18.7 Å². The highest BCUT2D eigenvalue weighted by atomic mass is 35.5. The van der Waals surface area contributed by atoms with Crippen LogP contribution in [0.1, 0.15) is 21.9 Å². The molecule has 2 aromatic carbocycles. The largest absolute Gasteiger partial charge is 0.382 e. The van der Waals surface area contributed by atoms with Crippen LogP contribution < -0.4 is 5.32 Å². The van der Waals surface area contributed by atoms with Crippen LogP contribution in [0.5, 0.6) is 0 Å². The lowest BCUT2D eigenvalue weighted by molar-refractivity contribution is -0.113. The van der Waals surface area contributed by atoms with Gasteiger partial charge in [-0.15, -0.1) is 11.6 Å². The molecule has 118 valence electrons. The summed E-state index contributed by atoms with van der Waals surface area (Å²) in [4.78, 5) is 13.0. The number of thioether (sulfide) groups is 1. The van der Waals surface area contributed by atoms with Crippen molar-refractivity contribution in [1.82, 2.24) is 5.32 Å². The highest BCUT2D eigenvalue weighted by molar-refractivity contribution is 8.04. The number of carbonyl (C=O) groups is 1. The molecule has 0 aliphatic carbocycles. The second-order valence-corrected chi connectivity index (χ2v) is 6.86. The van der Waals surface area contributed by atoms with E-state index in [1.807, 2.05) is 55.6 Å². The van der Waals surface area contributed by atoms with Gasteiger partial charge in [-0.2, -0.15) is 0 Å². The molecule has 1 atom stereocenters. The molecular formula is C19H18ClNOS. The van der Waals surface area contributed by atoms with Crippen molar-refractivity contribution in [1.29, 1.82) is 0 Å². The Balaban J connectivity index is 1.97. The number of rotatable bonds is 5. The normalized spacial score (nSPS) is 17.7. The van der Waals surface area contributed by atoms with Crippen molar-refractivity contribution in [2.24, 2.45) is 0 Å². The third-order valence-electron chi connectivity index (χ3n) is 3.88. The highest BCUT2D eigenvalue weighted by Crippen LogP contribution is 2.47. The second kappa shape index (κ2) is 7.24. The number of benzene rings is 2. The van der Waals surface area contributed by atoms with E-state index in [4.69, 9.17) is 11.6 Å². The molecule has 1 aliphatic rings. The SMILES string of the molecule is CNC1=C(c2cccc(CCCl)c2)C(=O)C(c2ccccc2)S1. The Hall–Kier alpha value is -1.71. The molecule has 0 radical (unpaired) electrons. The van der Waals surface area contributed by atoms with Gasteiger partial charge in [0, 0.05) is 12.9 Å². The number of hydrogen-bond donors (Lipinski definition) is 1. The quantitative estimate of drug-likeness (QED) is 0.815. The predicted molar refractivity (Wildman–Crippen MR) is 98.6 cm³/mol. The topological polar surface area (TPSA) is 29.1 Å². The number of ketones is 1. The molecule has 0 saturated heterocycles. The van der Waals surface area contributed by atoms with Crippen LogP contribution in [0.15, 0.2) is 59.6 Å². The lowest BCUT2D eigenvalue weighted by atomic mass is 9.96. The summed E-state index contributed by atoms with van der Waals surface area (Å²) in [6.45, 7) is 0. The summed E-state index contributed by atoms with van der Waals surface area (Å²) in [7, 11) is 1.87. The first-order valence-electron chi connectivity index (χ1n) is 7.57. The molecular weight excluding hydrogens is 326 g/mol. The van der Waals surface area contributed by atoms with Crippen LogP contribution in [0.4, 0.5) is 0 Å². The summed E-state index contributed by atoms with van der Waals surface area (Å²) in [5, 5.41) is 3.95. The summed E-state index contributed by atoms with van der Waals surface area (Å²) in [5.41, 5.74) is 3.94. The smallest absolute Gasteiger partial charge is 0.183 e. The summed E-state index contributed by atoms with van der Waals surface area (Å²) >= 11 is 7.43. The van der Waals surface area contributed by atoms with Gasteiger partial charge in [0.1, 0.15) is 0 Å². The van der Waals surface area contributed by atoms with Gasteiger partial charge in [-0.25, -0.2) is 0 Å². The van der Waals surface area contributed by atoms with E-state index in [0.717, 1.165) is 33.7 Å². The zero-order chi connectivity index (χ0) is 16.2. The molecule has 1 unspecified atom stereocenters. The van der Waals surface area contributed by atoms with Crippen LogP contribution in [0.25, 0.3) is 5.57 Å². The standard InChI is InChI=1S/C19H18ClNOS/c1-21-19-16(15-9-5-6-13(12-15)10-11-20)17(22)18(23-19)14-7-3-2-4-8-14/h2-9,12,18,21H,10-11H2,1H3. The van der Waals surface area contributed by atoms with Crippen molar-refractivity contribution in [3.8, 4) is 0 Å². The molecule has 4 heteroatoms. The Morgan fingerprint density at radius 3 is 2.61 bits per heavy atom. The molecule has 1 heterocycles. The van der Waals surface area contributed by atoms with Crippen molar-refractivity contribution in [3.05, 3.63) is 76.3 Å². The fourth-order valence-corrected chi connectivity index (χ4v) is 4.20. The van der Waals surface area contributed by atoms with Crippen LogP contribution in [-0.2, 0) is 11.2 Å². The molecule has 2 aromatic rings. The first-order valence-corrected chi connectivity index (χ1v) is 8.99. The molecule has 1 aliphatic heterocycles. The Morgan fingerprint density at radius 2 is 1.91 bits per heavy atom. The lowest BCUT2D eigenvalue weighted by Crippen LogP contribution is -2.07. The molecule has 0 spiro atoms. The molecule has 23 heavy (non-hydrogen) atoms. The molecule has 0 aromatic heterocycles. The van der Waals surface area contributed by atoms with Crippen molar-refractivity contribution in [3.63, 3.8) is 0 Å². The second-order valence-electron chi connectivity index (χ2n) is 5.37. The lowest BCUT2D eigenvalue weighted by Gasteiger charge is -2.09. The Bertz CT molecular complexity index is 742. The highest BCUT2D eigenvalue weighted by Gasteiger charge is 2.35. The summed E-state index contributed by atoms with van der Waals surface area (Å²) in [5.74, 6) is 0.741. The minimum Gasteiger partial charge on any atom is -0.382 e. The van der Waals surface area contributed by atoms with Crippen LogP contribution in [0.2, 0.25) is 0 Å². The number of halogens is 1. The zero-order valence-electron chi connectivity index (χ0n) is 12.9. The van der Waals surface area contributed by atoms with Crippen molar-refractivity contribution < 1.29 is 4.79 Å². The van der Waals surface area contributed by atoms with Crippen molar-refractivity contribution in [2.45, 2.75) is 11.7 Å². The summed E-state index contributed by atoms with van der Waals surface area (Å²) < 4.78 is 0. The minimum atomic E-state index is -0.176.